The van der Waals surface area contributed by atoms with Crippen LogP contribution in [0.3, 0.4) is 0 Å². The van der Waals surface area contributed by atoms with Crippen molar-refractivity contribution in [2.24, 2.45) is 0 Å². The molecule has 0 radical (unpaired) electrons. The van der Waals surface area contributed by atoms with Gasteiger partial charge in [-0.15, -0.1) is 11.8 Å². The molecule has 0 saturated carbocycles. The summed E-state index contributed by atoms with van der Waals surface area (Å²) in [6.07, 6.45) is 2.26. The second-order valence-corrected chi connectivity index (χ2v) is 4.64. The Morgan fingerprint density at radius 1 is 1.60 bits per heavy atom. The van der Waals surface area contributed by atoms with Crippen LogP contribution in [0, 0.1) is 0 Å². The highest BCUT2D eigenvalue weighted by molar-refractivity contribution is 7.99. The van der Waals surface area contributed by atoms with Gasteiger partial charge < -0.3 is 10.2 Å². The first-order valence-electron chi connectivity index (χ1n) is 4.60. The third kappa shape index (κ3) is 3.89. The second kappa shape index (κ2) is 5.72. The molecular weight excluding hydrogens is 214 g/mol. The quantitative estimate of drug-likeness (QED) is 0.748. The smallest absolute Gasteiger partial charge is 0.354 e. The number of carboxylic acid groups (broad SMARTS) is 1. The molecule has 0 fully saturated rings. The summed E-state index contributed by atoms with van der Waals surface area (Å²) in [6.45, 7) is 2.17. The summed E-state index contributed by atoms with van der Waals surface area (Å²) in [4.78, 5) is 15.3. The van der Waals surface area contributed by atoms with Gasteiger partial charge in [0.2, 0.25) is 0 Å². The third-order valence-electron chi connectivity index (χ3n) is 1.83. The summed E-state index contributed by atoms with van der Waals surface area (Å²) in [5.41, 5.74) is 0.0501. The fraction of sp³-hybridized carbons (Fsp3) is 0.400. The molecule has 0 spiro atoms. The largest absolute Gasteiger partial charge is 0.477 e. The minimum absolute atomic E-state index is 0.0501. The molecule has 5 heteroatoms. The Labute approximate surface area is 92.3 Å². The standard InChI is InChI=1S/C10H13NO3S/c1-7(4-5-12)15-8-2-3-9(10(13)14)11-6-8/h2-3,6-7,12H,4-5H2,1H3,(H,13,14). The third-order valence-corrected chi connectivity index (χ3v) is 2.98. The maximum Gasteiger partial charge on any atom is 0.354 e. The fourth-order valence-corrected chi connectivity index (χ4v) is 2.00. The molecule has 4 nitrogen and oxygen atoms in total. The molecule has 0 bridgehead atoms. The molecule has 0 amide bonds. The predicted molar refractivity (Wildman–Crippen MR) is 58.2 cm³/mol. The summed E-state index contributed by atoms with van der Waals surface area (Å²) in [7, 11) is 0. The first-order chi connectivity index (χ1) is 7.13. The zero-order valence-corrected chi connectivity index (χ0v) is 9.20. The maximum atomic E-state index is 10.5. The van der Waals surface area contributed by atoms with E-state index in [0.29, 0.717) is 11.7 Å². The van der Waals surface area contributed by atoms with Crippen LogP contribution in [-0.2, 0) is 0 Å². The average Bonchev–Trinajstić information content (AvgIpc) is 2.18. The number of rotatable bonds is 5. The Balaban J connectivity index is 2.60. The first kappa shape index (κ1) is 12.0. The number of pyridine rings is 1. The number of carbonyl (C=O) groups is 1. The summed E-state index contributed by atoms with van der Waals surface area (Å²) >= 11 is 1.57. The van der Waals surface area contributed by atoms with Crippen molar-refractivity contribution < 1.29 is 15.0 Å². The van der Waals surface area contributed by atoms with E-state index in [1.54, 1.807) is 24.0 Å². The van der Waals surface area contributed by atoms with Crippen molar-refractivity contribution in [3.8, 4) is 0 Å². The van der Waals surface area contributed by atoms with E-state index in [2.05, 4.69) is 4.98 Å². The van der Waals surface area contributed by atoms with Crippen LogP contribution in [0.1, 0.15) is 23.8 Å². The minimum Gasteiger partial charge on any atom is -0.477 e. The Morgan fingerprint density at radius 3 is 2.80 bits per heavy atom. The highest BCUT2D eigenvalue weighted by atomic mass is 32.2. The number of aliphatic hydroxyl groups is 1. The predicted octanol–water partition coefficient (Wildman–Crippen LogP) is 1.64. The Bertz CT molecular complexity index is 326. The van der Waals surface area contributed by atoms with Gasteiger partial charge in [0.05, 0.1) is 0 Å². The number of aromatic carboxylic acids is 1. The molecule has 1 unspecified atom stereocenters. The maximum absolute atomic E-state index is 10.5. The van der Waals surface area contributed by atoms with Gasteiger partial charge in [0.15, 0.2) is 0 Å². The van der Waals surface area contributed by atoms with Crippen molar-refractivity contribution in [1.29, 1.82) is 0 Å². The number of hydrogen-bond donors (Lipinski definition) is 2. The average molecular weight is 227 g/mol. The van der Waals surface area contributed by atoms with E-state index in [1.165, 1.54) is 6.07 Å². The van der Waals surface area contributed by atoms with Crippen molar-refractivity contribution in [2.75, 3.05) is 6.61 Å². The lowest BCUT2D eigenvalue weighted by atomic mass is 10.3. The highest BCUT2D eigenvalue weighted by Crippen LogP contribution is 2.24. The molecule has 0 saturated heterocycles. The van der Waals surface area contributed by atoms with Crippen molar-refractivity contribution >= 4 is 17.7 Å². The van der Waals surface area contributed by atoms with E-state index in [4.69, 9.17) is 10.2 Å². The number of carboxylic acids is 1. The van der Waals surface area contributed by atoms with Crippen molar-refractivity contribution in [2.45, 2.75) is 23.5 Å². The van der Waals surface area contributed by atoms with E-state index in [9.17, 15) is 4.79 Å². The zero-order valence-electron chi connectivity index (χ0n) is 8.38. The van der Waals surface area contributed by atoms with Crippen LogP contribution in [0.5, 0.6) is 0 Å². The molecule has 0 aliphatic heterocycles. The van der Waals surface area contributed by atoms with Gasteiger partial charge in [-0.05, 0) is 18.6 Å². The van der Waals surface area contributed by atoms with Gasteiger partial charge in [-0.2, -0.15) is 0 Å². The normalized spacial score (nSPS) is 12.4. The Morgan fingerprint density at radius 2 is 2.33 bits per heavy atom. The lowest BCUT2D eigenvalue weighted by Crippen LogP contribution is -2.01. The lowest BCUT2D eigenvalue weighted by molar-refractivity contribution is 0.0690. The zero-order chi connectivity index (χ0) is 11.3. The molecule has 1 atom stereocenters. The molecular formula is C10H13NO3S. The van der Waals surface area contributed by atoms with E-state index >= 15 is 0 Å². The first-order valence-corrected chi connectivity index (χ1v) is 5.48. The SMILES string of the molecule is CC(CCO)Sc1ccc(C(=O)O)nc1. The van der Waals surface area contributed by atoms with Gasteiger partial charge in [-0.1, -0.05) is 6.92 Å². The number of nitrogens with zero attached hydrogens (tertiary/aromatic N) is 1. The summed E-state index contributed by atoms with van der Waals surface area (Å²) < 4.78 is 0. The Kier molecular flexibility index (Phi) is 4.58. The molecule has 1 heterocycles. The number of aliphatic hydroxyl groups excluding tert-OH is 1. The van der Waals surface area contributed by atoms with Crippen molar-refractivity contribution in [1.82, 2.24) is 4.98 Å². The molecule has 0 aromatic carbocycles. The summed E-state index contributed by atoms with van der Waals surface area (Å²) in [6, 6.07) is 3.21. The van der Waals surface area contributed by atoms with E-state index in [-0.39, 0.29) is 12.3 Å². The summed E-state index contributed by atoms with van der Waals surface area (Å²) in [5.74, 6) is -1.02. The Hall–Kier alpha value is -1.07. The van der Waals surface area contributed by atoms with Gasteiger partial charge >= 0.3 is 5.97 Å². The van der Waals surface area contributed by atoms with Crippen LogP contribution in [-0.4, -0.2) is 33.0 Å². The molecule has 0 aliphatic rings. The van der Waals surface area contributed by atoms with Crippen LogP contribution in [0.25, 0.3) is 0 Å². The fourth-order valence-electron chi connectivity index (χ4n) is 1.05. The molecule has 1 aromatic heterocycles. The van der Waals surface area contributed by atoms with Crippen molar-refractivity contribution in [3.63, 3.8) is 0 Å². The molecule has 1 aromatic rings. The van der Waals surface area contributed by atoms with Crippen LogP contribution in [0.4, 0.5) is 0 Å². The lowest BCUT2D eigenvalue weighted by Gasteiger charge is -2.08. The summed E-state index contributed by atoms with van der Waals surface area (Å²) in [5, 5.41) is 17.7. The molecule has 1 rings (SSSR count). The molecule has 2 N–H and O–H groups in total. The monoisotopic (exact) mass is 227 g/mol. The van der Waals surface area contributed by atoms with Gasteiger partial charge in [0.25, 0.3) is 0 Å². The van der Waals surface area contributed by atoms with Crippen LogP contribution >= 0.6 is 11.8 Å². The van der Waals surface area contributed by atoms with Gasteiger partial charge in [0, 0.05) is 22.9 Å². The molecule has 0 aliphatic carbocycles. The van der Waals surface area contributed by atoms with Crippen LogP contribution < -0.4 is 0 Å². The highest BCUT2D eigenvalue weighted by Gasteiger charge is 2.06. The number of aromatic nitrogens is 1. The number of hydrogen-bond acceptors (Lipinski definition) is 4. The van der Waals surface area contributed by atoms with E-state index in [0.717, 1.165) is 4.90 Å². The van der Waals surface area contributed by atoms with Gasteiger partial charge in [-0.3, -0.25) is 0 Å². The second-order valence-electron chi connectivity index (χ2n) is 3.13. The van der Waals surface area contributed by atoms with Gasteiger partial charge in [-0.25, -0.2) is 9.78 Å². The van der Waals surface area contributed by atoms with Crippen molar-refractivity contribution in [3.05, 3.63) is 24.0 Å². The van der Waals surface area contributed by atoms with E-state index < -0.39 is 5.97 Å². The van der Waals surface area contributed by atoms with Crippen LogP contribution in [0.15, 0.2) is 23.2 Å². The van der Waals surface area contributed by atoms with Crippen LogP contribution in [0.2, 0.25) is 0 Å². The van der Waals surface area contributed by atoms with E-state index in [1.807, 2.05) is 6.92 Å². The number of thioether (sulfide) groups is 1. The molecule has 82 valence electrons. The molecule has 15 heavy (non-hydrogen) atoms. The topological polar surface area (TPSA) is 70.4 Å². The van der Waals surface area contributed by atoms with Gasteiger partial charge in [0.1, 0.15) is 5.69 Å². The minimum atomic E-state index is -1.02.